The topological polar surface area (TPSA) is 48.3 Å². The second kappa shape index (κ2) is 7.58. The third kappa shape index (κ3) is 4.42. The summed E-state index contributed by atoms with van der Waals surface area (Å²) in [5, 5.41) is 13.6. The Hall–Kier alpha value is -0.630. The first-order chi connectivity index (χ1) is 10.2. The Labute approximate surface area is 129 Å². The van der Waals surface area contributed by atoms with Gasteiger partial charge in [0, 0.05) is 32.3 Å². The number of nitriles is 1. The van der Waals surface area contributed by atoms with Gasteiger partial charge in [-0.25, -0.2) is 0 Å². The van der Waals surface area contributed by atoms with Gasteiger partial charge in [-0.3, -0.25) is 10.2 Å². The number of ether oxygens (including phenoxy) is 1. The van der Waals surface area contributed by atoms with E-state index in [1.54, 1.807) is 7.11 Å². The minimum Gasteiger partial charge on any atom is -0.383 e. The maximum absolute atomic E-state index is 9.89. The van der Waals surface area contributed by atoms with Crippen LogP contribution in [0.15, 0.2) is 0 Å². The van der Waals surface area contributed by atoms with Crippen LogP contribution in [0, 0.1) is 17.2 Å². The normalized spacial score (nSPS) is 21.5. The van der Waals surface area contributed by atoms with E-state index in [1.165, 1.54) is 25.7 Å². The standard InChI is InChI=1S/C17H31N3O/c1-4-16(5-2)20(10-11-21-3)13-17(12-18,14-6-7-14)19-15-8-9-15/h14-16,19H,4-11,13H2,1-3H3. The van der Waals surface area contributed by atoms with Crippen molar-refractivity contribution >= 4 is 0 Å². The number of rotatable bonds is 11. The largest absolute Gasteiger partial charge is 0.383 e. The molecule has 1 atom stereocenters. The average Bonchev–Trinajstić information content (AvgIpc) is 3.37. The van der Waals surface area contributed by atoms with E-state index in [4.69, 9.17) is 4.74 Å². The number of nitrogens with zero attached hydrogens (tertiary/aromatic N) is 2. The van der Waals surface area contributed by atoms with Crippen molar-refractivity contribution in [2.24, 2.45) is 5.92 Å². The van der Waals surface area contributed by atoms with Gasteiger partial charge in [0.2, 0.25) is 0 Å². The van der Waals surface area contributed by atoms with Crippen LogP contribution in [0.4, 0.5) is 0 Å². The number of methoxy groups -OCH3 is 1. The van der Waals surface area contributed by atoms with Crippen molar-refractivity contribution in [1.29, 1.82) is 5.26 Å². The van der Waals surface area contributed by atoms with Gasteiger partial charge in [0.1, 0.15) is 5.54 Å². The molecule has 0 heterocycles. The fraction of sp³-hybridized carbons (Fsp3) is 0.941. The molecule has 0 aromatic rings. The Bertz CT molecular complexity index is 356. The average molecular weight is 293 g/mol. The Morgan fingerprint density at radius 2 is 1.95 bits per heavy atom. The molecule has 2 aliphatic carbocycles. The van der Waals surface area contributed by atoms with Crippen molar-refractivity contribution < 1.29 is 4.74 Å². The van der Waals surface area contributed by atoms with Crippen LogP contribution in [-0.2, 0) is 4.74 Å². The van der Waals surface area contributed by atoms with E-state index in [1.807, 2.05) is 0 Å². The van der Waals surface area contributed by atoms with Crippen LogP contribution in [0.1, 0.15) is 52.4 Å². The molecular formula is C17H31N3O. The van der Waals surface area contributed by atoms with Crippen molar-refractivity contribution in [2.75, 3.05) is 26.8 Å². The lowest BCUT2D eigenvalue weighted by Gasteiger charge is -2.38. The molecule has 0 aliphatic heterocycles. The van der Waals surface area contributed by atoms with Gasteiger partial charge < -0.3 is 4.74 Å². The predicted octanol–water partition coefficient (Wildman–Crippen LogP) is 2.55. The van der Waals surface area contributed by atoms with Gasteiger partial charge in [-0.1, -0.05) is 13.8 Å². The van der Waals surface area contributed by atoms with Gasteiger partial charge in [0.25, 0.3) is 0 Å². The molecule has 2 aliphatic rings. The molecule has 4 nitrogen and oxygen atoms in total. The summed E-state index contributed by atoms with van der Waals surface area (Å²) >= 11 is 0. The Morgan fingerprint density at radius 1 is 1.29 bits per heavy atom. The van der Waals surface area contributed by atoms with Gasteiger partial charge in [-0.15, -0.1) is 0 Å². The second-order valence-electron chi connectivity index (χ2n) is 6.71. The van der Waals surface area contributed by atoms with Crippen molar-refractivity contribution in [3.63, 3.8) is 0 Å². The van der Waals surface area contributed by atoms with E-state index in [2.05, 4.69) is 30.1 Å². The van der Waals surface area contributed by atoms with Crippen LogP contribution in [0.5, 0.6) is 0 Å². The van der Waals surface area contributed by atoms with Gasteiger partial charge in [-0.2, -0.15) is 5.26 Å². The Balaban J connectivity index is 2.07. The molecule has 1 N–H and O–H groups in total. The fourth-order valence-corrected chi connectivity index (χ4v) is 3.34. The van der Waals surface area contributed by atoms with E-state index in [9.17, 15) is 5.26 Å². The van der Waals surface area contributed by atoms with Crippen LogP contribution < -0.4 is 5.32 Å². The van der Waals surface area contributed by atoms with Gasteiger partial charge in [-0.05, 0) is 44.4 Å². The van der Waals surface area contributed by atoms with E-state index in [-0.39, 0.29) is 5.54 Å². The quantitative estimate of drug-likeness (QED) is 0.636. The van der Waals surface area contributed by atoms with Crippen LogP contribution in [0.3, 0.4) is 0 Å². The molecule has 0 aromatic heterocycles. The minimum absolute atomic E-state index is 0.336. The minimum atomic E-state index is -0.336. The predicted molar refractivity (Wildman–Crippen MR) is 85.0 cm³/mol. The first-order valence-corrected chi connectivity index (χ1v) is 8.61. The van der Waals surface area contributed by atoms with Crippen LogP contribution >= 0.6 is 0 Å². The zero-order valence-electron chi connectivity index (χ0n) is 13.9. The molecule has 0 amide bonds. The zero-order valence-corrected chi connectivity index (χ0v) is 13.9. The monoisotopic (exact) mass is 293 g/mol. The van der Waals surface area contributed by atoms with Gasteiger partial charge in [0.15, 0.2) is 0 Å². The lowest BCUT2D eigenvalue weighted by atomic mass is 9.92. The SMILES string of the molecule is CCC(CC)N(CCOC)CC(C#N)(NC1CC1)C1CC1. The second-order valence-corrected chi connectivity index (χ2v) is 6.71. The molecule has 0 spiro atoms. The van der Waals surface area contributed by atoms with Gasteiger partial charge in [0.05, 0.1) is 12.7 Å². The van der Waals surface area contributed by atoms with Gasteiger partial charge >= 0.3 is 0 Å². The number of nitrogens with one attached hydrogen (secondary N) is 1. The molecule has 120 valence electrons. The van der Waals surface area contributed by atoms with Crippen molar-refractivity contribution in [1.82, 2.24) is 10.2 Å². The highest BCUT2D eigenvalue weighted by atomic mass is 16.5. The van der Waals surface area contributed by atoms with Crippen LogP contribution in [-0.4, -0.2) is 49.3 Å². The van der Waals surface area contributed by atoms with E-state index < -0.39 is 0 Å². The number of hydrogen-bond acceptors (Lipinski definition) is 4. The molecule has 0 aromatic carbocycles. The number of hydrogen-bond donors (Lipinski definition) is 1. The summed E-state index contributed by atoms with van der Waals surface area (Å²) in [6, 6.07) is 3.79. The lowest BCUT2D eigenvalue weighted by Crippen LogP contribution is -2.57. The Morgan fingerprint density at radius 3 is 2.38 bits per heavy atom. The van der Waals surface area contributed by atoms with Crippen LogP contribution in [0.2, 0.25) is 0 Å². The van der Waals surface area contributed by atoms with E-state index in [0.29, 0.717) is 18.0 Å². The smallest absolute Gasteiger partial charge is 0.122 e. The molecule has 0 saturated heterocycles. The molecule has 1 unspecified atom stereocenters. The molecule has 0 radical (unpaired) electrons. The highest BCUT2D eigenvalue weighted by Gasteiger charge is 2.49. The molecule has 0 bridgehead atoms. The fourth-order valence-electron chi connectivity index (χ4n) is 3.34. The molecule has 2 saturated carbocycles. The van der Waals surface area contributed by atoms with E-state index >= 15 is 0 Å². The lowest BCUT2D eigenvalue weighted by molar-refractivity contribution is 0.0913. The molecule has 4 heteroatoms. The zero-order chi connectivity index (χ0) is 15.3. The summed E-state index contributed by atoms with van der Waals surface area (Å²) in [6.07, 6.45) is 7.15. The summed E-state index contributed by atoms with van der Waals surface area (Å²) < 4.78 is 5.28. The summed E-state index contributed by atoms with van der Waals surface area (Å²) in [6.45, 7) is 7.00. The third-order valence-electron chi connectivity index (χ3n) is 5.01. The first-order valence-electron chi connectivity index (χ1n) is 8.61. The summed E-state index contributed by atoms with van der Waals surface area (Å²) in [4.78, 5) is 2.49. The van der Waals surface area contributed by atoms with Crippen molar-refractivity contribution in [2.45, 2.75) is 70.0 Å². The molecular weight excluding hydrogens is 262 g/mol. The molecule has 21 heavy (non-hydrogen) atoms. The van der Waals surface area contributed by atoms with E-state index in [0.717, 1.165) is 32.5 Å². The Kier molecular flexibility index (Phi) is 6.04. The van der Waals surface area contributed by atoms with Crippen LogP contribution in [0.25, 0.3) is 0 Å². The summed E-state index contributed by atoms with van der Waals surface area (Å²) in [5.74, 6) is 0.544. The highest BCUT2D eigenvalue weighted by molar-refractivity contribution is 5.18. The first kappa shape index (κ1) is 16.7. The maximum Gasteiger partial charge on any atom is 0.122 e. The summed E-state index contributed by atoms with van der Waals surface area (Å²) in [7, 11) is 1.76. The highest BCUT2D eigenvalue weighted by Crippen LogP contribution is 2.42. The van der Waals surface area contributed by atoms with Crippen molar-refractivity contribution in [3.05, 3.63) is 0 Å². The third-order valence-corrected chi connectivity index (χ3v) is 5.01. The maximum atomic E-state index is 9.89. The molecule has 2 rings (SSSR count). The molecule has 2 fully saturated rings. The summed E-state index contributed by atoms with van der Waals surface area (Å²) in [5.41, 5.74) is -0.336. The van der Waals surface area contributed by atoms with Crippen molar-refractivity contribution in [3.8, 4) is 6.07 Å².